The van der Waals surface area contributed by atoms with Gasteiger partial charge in [0.1, 0.15) is 0 Å². The Morgan fingerprint density at radius 3 is 2.23 bits per heavy atom. The lowest BCUT2D eigenvalue weighted by atomic mass is 9.77. The van der Waals surface area contributed by atoms with E-state index in [9.17, 15) is 10.0 Å². The lowest BCUT2D eigenvalue weighted by molar-refractivity contribution is 0.192. The molecule has 0 saturated carbocycles. The number of hydrogen-bond donors (Lipinski definition) is 2. The third-order valence-corrected chi connectivity index (χ3v) is 7.08. The molecule has 35 heavy (non-hydrogen) atoms. The lowest BCUT2D eigenvalue weighted by Gasteiger charge is -2.30. The van der Waals surface area contributed by atoms with Gasteiger partial charge < -0.3 is 14.6 Å². The Morgan fingerprint density at radius 1 is 0.771 bits per heavy atom. The third-order valence-electron chi connectivity index (χ3n) is 7.08. The fourth-order valence-corrected chi connectivity index (χ4v) is 5.20. The highest BCUT2D eigenvalue weighted by Crippen LogP contribution is 2.31. The summed E-state index contributed by atoms with van der Waals surface area (Å²) < 4.78 is 2.37. The first-order valence-electron chi connectivity index (χ1n) is 12.3. The molecule has 5 rings (SSSR count). The van der Waals surface area contributed by atoms with Gasteiger partial charge in [-0.2, -0.15) is 0 Å². The van der Waals surface area contributed by atoms with Crippen molar-refractivity contribution < 1.29 is 10.0 Å². The molecule has 1 heterocycles. The van der Waals surface area contributed by atoms with Gasteiger partial charge in [-0.15, -0.1) is 0 Å². The van der Waals surface area contributed by atoms with Crippen LogP contribution in [0, 0.1) is 0 Å². The molecule has 0 aliphatic carbocycles. The molecular weight excluding hydrogens is 431 g/mol. The third kappa shape index (κ3) is 4.63. The minimum absolute atomic E-state index is 0.146. The molecule has 1 aromatic heterocycles. The van der Waals surface area contributed by atoms with E-state index >= 15 is 0 Å². The van der Waals surface area contributed by atoms with Crippen LogP contribution in [0.15, 0.2) is 97.1 Å². The summed E-state index contributed by atoms with van der Waals surface area (Å²) in [4.78, 5) is 2.40. The van der Waals surface area contributed by atoms with Crippen LogP contribution >= 0.6 is 0 Å². The Bertz CT molecular complexity index is 1450. The fourth-order valence-electron chi connectivity index (χ4n) is 5.20. The molecule has 176 valence electrons. The number of hydrogen-bond acceptors (Lipinski definition) is 3. The first-order chi connectivity index (χ1) is 17.1. The second-order valence-corrected chi connectivity index (χ2v) is 9.18. The summed E-state index contributed by atoms with van der Waals surface area (Å²) in [5, 5.41) is 22.4. The van der Waals surface area contributed by atoms with Crippen molar-refractivity contribution in [2.75, 3.05) is 0 Å². The van der Waals surface area contributed by atoms with E-state index in [-0.39, 0.29) is 6.04 Å². The van der Waals surface area contributed by atoms with Gasteiger partial charge in [0.15, 0.2) is 0 Å². The molecule has 1 atom stereocenters. The first kappa shape index (κ1) is 23.4. The summed E-state index contributed by atoms with van der Waals surface area (Å²) in [6.07, 6.45) is 0. The van der Waals surface area contributed by atoms with Crippen LogP contribution in [0.3, 0.4) is 0 Å². The second kappa shape index (κ2) is 10.1. The summed E-state index contributed by atoms with van der Waals surface area (Å²) in [5.74, 6) is 0. The SMILES string of the molecule is CCn1c2ccccc2c2cc(CN(Cc3ccccc3B(O)O)[C@@H](C)c3ccccc3)ccc21. The van der Waals surface area contributed by atoms with Gasteiger partial charge >= 0.3 is 7.12 Å². The Kier molecular flexibility index (Phi) is 6.73. The van der Waals surface area contributed by atoms with Crippen molar-refractivity contribution in [3.05, 3.63) is 114 Å². The van der Waals surface area contributed by atoms with E-state index < -0.39 is 7.12 Å². The molecule has 0 aliphatic rings. The molecule has 4 nitrogen and oxygen atoms in total. The molecule has 0 aliphatic heterocycles. The Morgan fingerprint density at radius 2 is 1.46 bits per heavy atom. The molecule has 0 bridgehead atoms. The number of aromatic nitrogens is 1. The van der Waals surface area contributed by atoms with Crippen molar-refractivity contribution in [1.82, 2.24) is 9.47 Å². The van der Waals surface area contributed by atoms with Crippen molar-refractivity contribution in [2.24, 2.45) is 0 Å². The first-order valence-corrected chi connectivity index (χ1v) is 12.3. The number of benzene rings is 4. The summed E-state index contributed by atoms with van der Waals surface area (Å²) >= 11 is 0. The largest absolute Gasteiger partial charge is 0.488 e. The maximum absolute atomic E-state index is 9.94. The van der Waals surface area contributed by atoms with E-state index in [1.807, 2.05) is 24.3 Å². The Balaban J connectivity index is 1.55. The predicted molar refractivity (Wildman–Crippen MR) is 145 cm³/mol. The maximum atomic E-state index is 9.94. The summed E-state index contributed by atoms with van der Waals surface area (Å²) in [6.45, 7) is 6.69. The monoisotopic (exact) mass is 462 g/mol. The van der Waals surface area contributed by atoms with Crippen LogP contribution in [0.4, 0.5) is 0 Å². The van der Waals surface area contributed by atoms with Crippen molar-refractivity contribution in [3.8, 4) is 0 Å². The fraction of sp³-hybridized carbons (Fsp3) is 0.200. The van der Waals surface area contributed by atoms with Gasteiger partial charge in [-0.05, 0) is 54.2 Å². The molecule has 0 amide bonds. The number of aryl methyl sites for hydroxylation is 1. The maximum Gasteiger partial charge on any atom is 0.488 e. The van der Waals surface area contributed by atoms with Gasteiger partial charge in [0.25, 0.3) is 0 Å². The van der Waals surface area contributed by atoms with Crippen LogP contribution in [-0.2, 0) is 19.6 Å². The van der Waals surface area contributed by atoms with Gasteiger partial charge in [-0.1, -0.05) is 78.9 Å². The van der Waals surface area contributed by atoms with Gasteiger partial charge in [-0.3, -0.25) is 4.90 Å². The van der Waals surface area contributed by atoms with E-state index in [0.29, 0.717) is 12.0 Å². The van der Waals surface area contributed by atoms with E-state index in [2.05, 4.69) is 90.0 Å². The van der Waals surface area contributed by atoms with E-state index in [1.165, 1.54) is 32.9 Å². The number of rotatable bonds is 8. The zero-order chi connectivity index (χ0) is 24.4. The standard InChI is InChI=1S/C30H31BN2O2/c1-3-33-29-16-10-8-14-26(29)27-19-23(17-18-30(27)33)20-32(22(2)24-11-5-4-6-12-24)21-25-13-7-9-15-28(25)31(34)35/h4-19,22,34-35H,3,20-21H2,1-2H3/t22-/m0/s1. The minimum Gasteiger partial charge on any atom is -0.423 e. The molecule has 0 radical (unpaired) electrons. The topological polar surface area (TPSA) is 48.6 Å². The van der Waals surface area contributed by atoms with Crippen LogP contribution in [0.5, 0.6) is 0 Å². The number of para-hydroxylation sites is 1. The highest BCUT2D eigenvalue weighted by molar-refractivity contribution is 6.59. The van der Waals surface area contributed by atoms with Gasteiger partial charge in [-0.25, -0.2) is 0 Å². The average molecular weight is 462 g/mol. The van der Waals surface area contributed by atoms with E-state index in [1.54, 1.807) is 6.07 Å². The van der Waals surface area contributed by atoms with Gasteiger partial charge in [0.2, 0.25) is 0 Å². The van der Waals surface area contributed by atoms with E-state index in [0.717, 1.165) is 18.7 Å². The molecule has 0 spiro atoms. The number of nitrogens with zero attached hydrogens (tertiary/aromatic N) is 2. The molecule has 0 fully saturated rings. The molecule has 0 unspecified atom stereocenters. The molecule has 5 aromatic rings. The minimum atomic E-state index is -1.49. The summed E-state index contributed by atoms with van der Waals surface area (Å²) in [7, 11) is -1.49. The van der Waals surface area contributed by atoms with Crippen LogP contribution < -0.4 is 5.46 Å². The van der Waals surface area contributed by atoms with Crippen LogP contribution in [0.25, 0.3) is 21.8 Å². The molecule has 5 heteroatoms. The smallest absolute Gasteiger partial charge is 0.423 e. The van der Waals surface area contributed by atoms with Crippen LogP contribution in [0.2, 0.25) is 0 Å². The van der Waals surface area contributed by atoms with Crippen LogP contribution in [-0.4, -0.2) is 26.6 Å². The molecule has 2 N–H and O–H groups in total. The number of fused-ring (bicyclic) bond motifs is 3. The average Bonchev–Trinajstić information content (AvgIpc) is 3.21. The van der Waals surface area contributed by atoms with Crippen molar-refractivity contribution >= 4 is 34.4 Å². The highest BCUT2D eigenvalue weighted by Gasteiger charge is 2.22. The van der Waals surface area contributed by atoms with E-state index in [4.69, 9.17) is 0 Å². The summed E-state index contributed by atoms with van der Waals surface area (Å²) in [5.41, 5.74) is 6.48. The van der Waals surface area contributed by atoms with Gasteiger partial charge in [0, 0.05) is 47.5 Å². The Labute approximate surface area is 207 Å². The van der Waals surface area contributed by atoms with Crippen molar-refractivity contribution in [1.29, 1.82) is 0 Å². The Hall–Kier alpha value is -3.38. The lowest BCUT2D eigenvalue weighted by Crippen LogP contribution is -2.36. The predicted octanol–water partition coefficient (Wildman–Crippen LogP) is 5.26. The quantitative estimate of drug-likeness (QED) is 0.310. The molecule has 0 saturated heterocycles. The van der Waals surface area contributed by atoms with Crippen molar-refractivity contribution in [2.45, 2.75) is 39.5 Å². The van der Waals surface area contributed by atoms with Crippen LogP contribution in [0.1, 0.15) is 36.6 Å². The van der Waals surface area contributed by atoms with Crippen molar-refractivity contribution in [3.63, 3.8) is 0 Å². The second-order valence-electron chi connectivity index (χ2n) is 9.18. The highest BCUT2D eigenvalue weighted by atomic mass is 16.4. The molecular formula is C30H31BN2O2. The summed E-state index contributed by atoms with van der Waals surface area (Å²) in [6, 6.07) is 33.6. The zero-order valence-electron chi connectivity index (χ0n) is 20.3. The normalized spacial score (nSPS) is 12.5. The van der Waals surface area contributed by atoms with Gasteiger partial charge in [0.05, 0.1) is 0 Å². The molecule has 4 aromatic carbocycles. The zero-order valence-corrected chi connectivity index (χ0v) is 20.3.